The van der Waals surface area contributed by atoms with Crippen molar-refractivity contribution in [3.8, 4) is 22.6 Å². The molecule has 102 valence electrons. The van der Waals surface area contributed by atoms with E-state index in [4.69, 9.17) is 9.83 Å². The number of fused-ring (bicyclic) bond motifs is 1. The molecule has 1 aromatic rings. The number of hydrogen-bond acceptors (Lipinski definition) is 1. The van der Waals surface area contributed by atoms with Crippen LogP contribution in [0, 0.1) is 6.92 Å². The zero-order valence-electron chi connectivity index (χ0n) is 12.2. The maximum absolute atomic E-state index is 5.99. The minimum absolute atomic E-state index is 0.758. The molecule has 20 heavy (non-hydrogen) atoms. The smallest absolute Gasteiger partial charge is 0.208 e. The summed E-state index contributed by atoms with van der Waals surface area (Å²) >= 11 is 0. The van der Waals surface area contributed by atoms with Crippen LogP contribution in [0.4, 0.5) is 0 Å². The van der Waals surface area contributed by atoms with Crippen molar-refractivity contribution in [2.24, 2.45) is 0 Å². The lowest BCUT2D eigenvalue weighted by Gasteiger charge is -2.09. The maximum atomic E-state index is 5.99. The molecule has 0 bridgehead atoms. The van der Waals surface area contributed by atoms with E-state index in [1.165, 1.54) is 0 Å². The highest BCUT2D eigenvalue weighted by atomic mass is 16.3. The molecule has 1 heterocycles. The predicted octanol–water partition coefficient (Wildman–Crippen LogP) is 3.05. The largest absolute Gasteiger partial charge is 0.456 e. The summed E-state index contributed by atoms with van der Waals surface area (Å²) in [7, 11) is 0. The van der Waals surface area contributed by atoms with Gasteiger partial charge in [-0.05, 0) is 24.6 Å². The van der Waals surface area contributed by atoms with Gasteiger partial charge in [-0.15, -0.1) is 0 Å². The topological polar surface area (TPSA) is 38.7 Å². The first-order chi connectivity index (χ1) is 9.75. The van der Waals surface area contributed by atoms with Gasteiger partial charge in [0.25, 0.3) is 0 Å². The van der Waals surface area contributed by atoms with Crippen molar-refractivity contribution in [1.82, 2.24) is 0 Å². The first kappa shape index (κ1) is 14.1. The summed E-state index contributed by atoms with van der Waals surface area (Å²) in [4.78, 5) is 0. The van der Waals surface area contributed by atoms with Crippen LogP contribution in [-0.4, -0.2) is 0 Å². The molecular formula is C18H20NO+. The Kier molecular flexibility index (Phi) is 4.36. The third kappa shape index (κ3) is 2.64. The van der Waals surface area contributed by atoms with Crippen molar-refractivity contribution < 1.29 is 9.83 Å². The van der Waals surface area contributed by atoms with Gasteiger partial charge in [-0.25, -0.2) is 0 Å². The predicted molar refractivity (Wildman–Crippen MR) is 81.9 cm³/mol. The van der Waals surface area contributed by atoms with E-state index in [-0.39, 0.29) is 0 Å². The highest BCUT2D eigenvalue weighted by Crippen LogP contribution is 2.29. The quantitative estimate of drug-likeness (QED) is 0.722. The molecular weight excluding hydrogens is 246 g/mol. The summed E-state index contributed by atoms with van der Waals surface area (Å²) in [6.45, 7) is 6.06. The molecule has 1 aromatic carbocycles. The zero-order valence-corrected chi connectivity index (χ0v) is 12.2. The van der Waals surface area contributed by atoms with Crippen LogP contribution in [0.25, 0.3) is 22.6 Å². The molecule has 0 aromatic heterocycles. The second kappa shape index (κ2) is 6.20. The van der Waals surface area contributed by atoms with E-state index in [1.807, 2.05) is 68.4 Å². The lowest BCUT2D eigenvalue weighted by atomic mass is 10.0. The average molecular weight is 266 g/mol. The van der Waals surface area contributed by atoms with E-state index >= 15 is 0 Å². The SMILES string of the molecule is CC.Cc1cc(-c2ccccc2)oc2cccc(=[NH2+])c1-2. The molecule has 0 atom stereocenters. The number of nitrogens with two attached hydrogens (primary N) is 1. The van der Waals surface area contributed by atoms with E-state index in [9.17, 15) is 0 Å². The van der Waals surface area contributed by atoms with Gasteiger partial charge in [0.05, 0.1) is 5.56 Å². The Morgan fingerprint density at radius 3 is 2.25 bits per heavy atom. The molecule has 0 fully saturated rings. The van der Waals surface area contributed by atoms with Crippen LogP contribution in [0.1, 0.15) is 19.4 Å². The van der Waals surface area contributed by atoms with Crippen LogP contribution < -0.4 is 10.8 Å². The minimum Gasteiger partial charge on any atom is -0.456 e. The molecule has 1 aliphatic carbocycles. The van der Waals surface area contributed by atoms with Crippen molar-refractivity contribution in [3.05, 3.63) is 65.5 Å². The second-order valence-corrected chi connectivity index (χ2v) is 4.38. The lowest BCUT2D eigenvalue weighted by Crippen LogP contribution is -2.46. The van der Waals surface area contributed by atoms with Crippen LogP contribution in [0.15, 0.2) is 59.0 Å². The fourth-order valence-electron chi connectivity index (χ4n) is 2.22. The monoisotopic (exact) mass is 266 g/mol. The Hall–Kier alpha value is -2.35. The van der Waals surface area contributed by atoms with Crippen molar-refractivity contribution in [2.75, 3.05) is 0 Å². The number of rotatable bonds is 1. The molecule has 0 unspecified atom stereocenters. The van der Waals surface area contributed by atoms with E-state index in [2.05, 4.69) is 6.92 Å². The van der Waals surface area contributed by atoms with E-state index < -0.39 is 0 Å². The third-order valence-electron chi connectivity index (χ3n) is 3.08. The first-order valence-corrected chi connectivity index (χ1v) is 6.93. The summed E-state index contributed by atoms with van der Waals surface area (Å²) in [5.41, 5.74) is 3.20. The van der Waals surface area contributed by atoms with Gasteiger partial charge < -0.3 is 4.42 Å². The fraction of sp³-hybridized carbons (Fsp3) is 0.167. The third-order valence-corrected chi connectivity index (χ3v) is 3.08. The standard InChI is InChI=1S/C16H13NO.C2H6/c1-11-10-15(12-6-3-2-4-7-12)18-14-9-5-8-13(17)16(11)14;1-2/h2-10,17H,1H3;1-2H3/p+1. The molecule has 2 aliphatic rings. The Morgan fingerprint density at radius 1 is 0.850 bits per heavy atom. The van der Waals surface area contributed by atoms with Gasteiger partial charge in [0.15, 0.2) is 0 Å². The summed E-state index contributed by atoms with van der Waals surface area (Å²) in [5.74, 6) is 1.69. The molecule has 2 heteroatoms. The van der Waals surface area contributed by atoms with E-state index in [0.717, 1.165) is 33.6 Å². The van der Waals surface area contributed by atoms with Gasteiger partial charge in [0.2, 0.25) is 5.36 Å². The minimum atomic E-state index is 0.758. The molecule has 3 rings (SSSR count). The molecule has 0 radical (unpaired) electrons. The number of benzene rings is 2. The highest BCUT2D eigenvalue weighted by Gasteiger charge is 2.14. The molecule has 2 nitrogen and oxygen atoms in total. The summed E-state index contributed by atoms with van der Waals surface area (Å²) in [5, 5.41) is 6.74. The average Bonchev–Trinajstić information content (AvgIpc) is 2.50. The van der Waals surface area contributed by atoms with Gasteiger partial charge in [-0.2, -0.15) is 0 Å². The number of hydrogen-bond donors (Lipinski definition) is 1. The van der Waals surface area contributed by atoms with Crippen LogP contribution in [0.5, 0.6) is 0 Å². The van der Waals surface area contributed by atoms with Crippen LogP contribution in [0.2, 0.25) is 0 Å². The number of aryl methyl sites for hydroxylation is 1. The summed E-state index contributed by atoms with van der Waals surface area (Å²) in [6.07, 6.45) is 0. The lowest BCUT2D eigenvalue weighted by molar-refractivity contribution is -0.171. The summed E-state index contributed by atoms with van der Waals surface area (Å²) in [6, 6.07) is 17.9. The molecule has 0 saturated carbocycles. The van der Waals surface area contributed by atoms with Gasteiger partial charge in [0, 0.05) is 11.6 Å². The van der Waals surface area contributed by atoms with Gasteiger partial charge in [-0.3, -0.25) is 5.41 Å². The Balaban J connectivity index is 0.000000704. The fourth-order valence-corrected chi connectivity index (χ4v) is 2.22. The van der Waals surface area contributed by atoms with Crippen LogP contribution >= 0.6 is 0 Å². The molecule has 0 spiro atoms. The first-order valence-electron chi connectivity index (χ1n) is 6.93. The normalized spacial score (nSPS) is 9.95. The van der Waals surface area contributed by atoms with Crippen LogP contribution in [-0.2, 0) is 0 Å². The second-order valence-electron chi connectivity index (χ2n) is 4.38. The van der Waals surface area contributed by atoms with Gasteiger partial charge >= 0.3 is 0 Å². The van der Waals surface area contributed by atoms with E-state index in [1.54, 1.807) is 0 Å². The Labute approximate surface area is 119 Å². The van der Waals surface area contributed by atoms with E-state index in [0.29, 0.717) is 0 Å². The van der Waals surface area contributed by atoms with Crippen molar-refractivity contribution in [3.63, 3.8) is 0 Å². The van der Waals surface area contributed by atoms with Gasteiger partial charge in [0.1, 0.15) is 11.5 Å². The Morgan fingerprint density at radius 2 is 1.55 bits per heavy atom. The highest BCUT2D eigenvalue weighted by molar-refractivity contribution is 5.68. The van der Waals surface area contributed by atoms with Crippen molar-refractivity contribution in [1.29, 1.82) is 0 Å². The van der Waals surface area contributed by atoms with Crippen molar-refractivity contribution >= 4 is 0 Å². The molecule has 1 aliphatic heterocycles. The Bertz CT molecular complexity index is 713. The summed E-state index contributed by atoms with van der Waals surface area (Å²) < 4.78 is 5.93. The molecule has 2 N–H and O–H groups in total. The van der Waals surface area contributed by atoms with Gasteiger partial charge in [-0.1, -0.05) is 50.2 Å². The zero-order chi connectivity index (χ0) is 14.5. The molecule has 0 amide bonds. The van der Waals surface area contributed by atoms with Crippen LogP contribution in [0.3, 0.4) is 0 Å². The molecule has 0 saturated heterocycles. The maximum Gasteiger partial charge on any atom is 0.208 e. The van der Waals surface area contributed by atoms with Crippen molar-refractivity contribution in [2.45, 2.75) is 20.8 Å².